The molecule has 3 rings (SSSR count). The summed E-state index contributed by atoms with van der Waals surface area (Å²) in [4.78, 5) is 2.27. The number of halogens is 2. The van der Waals surface area contributed by atoms with Gasteiger partial charge in [-0.15, -0.1) is 12.4 Å². The Labute approximate surface area is 177 Å². The van der Waals surface area contributed by atoms with E-state index in [2.05, 4.69) is 16.5 Å². The summed E-state index contributed by atoms with van der Waals surface area (Å²) in [6.45, 7) is 3.57. The van der Waals surface area contributed by atoms with Gasteiger partial charge in [-0.2, -0.15) is 0 Å². The first-order valence-corrected chi connectivity index (χ1v) is 11.1. The highest BCUT2D eigenvalue weighted by atomic mass is 35.5. The van der Waals surface area contributed by atoms with Crippen molar-refractivity contribution in [3.63, 3.8) is 0 Å². The van der Waals surface area contributed by atoms with Crippen molar-refractivity contribution in [2.24, 2.45) is 5.92 Å². The molecule has 2 aliphatic heterocycles. The molecular weight excluding hydrogens is 427 g/mol. The monoisotopic (exact) mass is 454 g/mol. The van der Waals surface area contributed by atoms with Crippen LogP contribution in [0.4, 0.5) is 0 Å². The predicted octanol–water partition coefficient (Wildman–Crippen LogP) is 1.26. The van der Waals surface area contributed by atoms with Crippen molar-refractivity contribution in [2.45, 2.75) is 49.0 Å². The Balaban J connectivity index is 0.00000280. The zero-order valence-corrected chi connectivity index (χ0v) is 18.1. The smallest absolute Gasteiger partial charge is 0.240 e. The second-order valence-electron chi connectivity index (χ2n) is 7.40. The van der Waals surface area contributed by atoms with Crippen molar-refractivity contribution in [1.82, 2.24) is 9.62 Å². The van der Waals surface area contributed by atoms with E-state index in [-0.39, 0.29) is 36.5 Å². The van der Waals surface area contributed by atoms with Gasteiger partial charge in [-0.3, -0.25) is 4.90 Å². The quantitative estimate of drug-likeness (QED) is 0.598. The van der Waals surface area contributed by atoms with Gasteiger partial charge in [0, 0.05) is 11.6 Å². The zero-order valence-electron chi connectivity index (χ0n) is 15.7. The van der Waals surface area contributed by atoms with Crippen molar-refractivity contribution in [2.75, 3.05) is 26.2 Å². The summed E-state index contributed by atoms with van der Waals surface area (Å²) in [6.07, 6.45) is -0.0487. The fourth-order valence-electron chi connectivity index (χ4n) is 3.81. The fraction of sp³-hybridized carbons (Fsp3) is 0.667. The first-order chi connectivity index (χ1) is 12.8. The summed E-state index contributed by atoms with van der Waals surface area (Å²) in [5.41, 5.74) is 0. The molecule has 0 aliphatic carbocycles. The number of nitrogens with one attached hydrogen (secondary N) is 1. The van der Waals surface area contributed by atoms with E-state index in [0.717, 1.165) is 25.9 Å². The molecule has 0 bridgehead atoms. The van der Waals surface area contributed by atoms with E-state index in [0.29, 0.717) is 10.9 Å². The molecule has 7 nitrogen and oxygen atoms in total. The van der Waals surface area contributed by atoms with Crippen molar-refractivity contribution in [3.8, 4) is 0 Å². The number of hydrogen-bond acceptors (Lipinski definition) is 6. The predicted molar refractivity (Wildman–Crippen MR) is 109 cm³/mol. The van der Waals surface area contributed by atoms with Crippen LogP contribution in [0.1, 0.15) is 19.8 Å². The topological polar surface area (TPSA) is 99.1 Å². The number of aliphatic hydroxyl groups excluding tert-OH is 2. The molecule has 28 heavy (non-hydrogen) atoms. The summed E-state index contributed by atoms with van der Waals surface area (Å²) < 4.78 is 33.4. The standard InChI is InChI=1S/C18H27ClN2O5S.ClH/c1-12-6-8-21(9-7-12)17-15(26-16(11-22)18(17)23)10-20-27(24,25)14-4-2-13(19)3-5-14;/h2-5,12,15-18,20,22-23H,6-11H2,1H3;1H/t15-,16+,17+,18-;/m1./s1. The molecule has 0 aromatic heterocycles. The molecule has 1 aromatic rings. The van der Waals surface area contributed by atoms with Crippen LogP contribution in [0.5, 0.6) is 0 Å². The lowest BCUT2D eigenvalue weighted by atomic mass is 9.94. The molecule has 0 saturated carbocycles. The molecule has 10 heteroatoms. The summed E-state index contributed by atoms with van der Waals surface area (Å²) in [7, 11) is -3.72. The molecule has 2 heterocycles. The van der Waals surface area contributed by atoms with Gasteiger partial charge in [-0.1, -0.05) is 18.5 Å². The Kier molecular flexibility index (Phi) is 8.54. The molecule has 4 atom stereocenters. The normalized spacial score (nSPS) is 29.6. The van der Waals surface area contributed by atoms with Crippen LogP contribution in [0, 0.1) is 5.92 Å². The number of benzene rings is 1. The van der Waals surface area contributed by atoms with E-state index in [4.69, 9.17) is 16.3 Å². The number of hydrogen-bond donors (Lipinski definition) is 3. The summed E-state index contributed by atoms with van der Waals surface area (Å²) in [5, 5.41) is 20.5. The summed E-state index contributed by atoms with van der Waals surface area (Å²) >= 11 is 5.81. The Bertz CT molecular complexity index is 726. The minimum absolute atomic E-state index is 0. The van der Waals surface area contributed by atoms with Crippen LogP contribution in [0.3, 0.4) is 0 Å². The Morgan fingerprint density at radius 3 is 2.39 bits per heavy atom. The lowest BCUT2D eigenvalue weighted by Gasteiger charge is -2.38. The largest absolute Gasteiger partial charge is 0.394 e. The third kappa shape index (κ3) is 5.37. The lowest BCUT2D eigenvalue weighted by molar-refractivity contribution is -0.0201. The van der Waals surface area contributed by atoms with Crippen LogP contribution in [0.2, 0.25) is 5.02 Å². The van der Waals surface area contributed by atoms with Gasteiger partial charge in [0.1, 0.15) is 12.2 Å². The Hall–Kier alpha value is -0.450. The number of ether oxygens (including phenoxy) is 1. The van der Waals surface area contributed by atoms with Gasteiger partial charge in [0.15, 0.2) is 0 Å². The first-order valence-electron chi connectivity index (χ1n) is 9.25. The molecule has 0 radical (unpaired) electrons. The highest BCUT2D eigenvalue weighted by Gasteiger charge is 2.46. The first kappa shape index (κ1) is 23.8. The molecule has 2 aliphatic rings. The van der Waals surface area contributed by atoms with Gasteiger partial charge in [-0.05, 0) is 56.1 Å². The number of aliphatic hydroxyl groups is 2. The Morgan fingerprint density at radius 2 is 1.82 bits per heavy atom. The van der Waals surface area contributed by atoms with E-state index in [1.165, 1.54) is 24.3 Å². The van der Waals surface area contributed by atoms with E-state index >= 15 is 0 Å². The van der Waals surface area contributed by atoms with E-state index in [9.17, 15) is 18.6 Å². The van der Waals surface area contributed by atoms with Crippen molar-refractivity contribution < 1.29 is 23.4 Å². The van der Waals surface area contributed by atoms with Gasteiger partial charge in [-0.25, -0.2) is 13.1 Å². The van der Waals surface area contributed by atoms with Crippen LogP contribution in [0.25, 0.3) is 0 Å². The van der Waals surface area contributed by atoms with Crippen LogP contribution < -0.4 is 4.72 Å². The third-order valence-electron chi connectivity index (χ3n) is 5.48. The van der Waals surface area contributed by atoms with Crippen LogP contribution >= 0.6 is 24.0 Å². The number of piperidine rings is 1. The SMILES string of the molecule is CC1CCN([C@@H]2[C@H](O)[C@H](CO)O[C@@H]2CNS(=O)(=O)c2ccc(Cl)cc2)CC1.Cl. The minimum Gasteiger partial charge on any atom is -0.394 e. The highest BCUT2D eigenvalue weighted by molar-refractivity contribution is 7.89. The van der Waals surface area contributed by atoms with Crippen LogP contribution in [-0.2, 0) is 14.8 Å². The minimum atomic E-state index is -3.72. The molecule has 0 unspecified atom stereocenters. The Morgan fingerprint density at radius 1 is 1.21 bits per heavy atom. The molecule has 0 amide bonds. The zero-order chi connectivity index (χ0) is 19.6. The average Bonchev–Trinajstić information content (AvgIpc) is 2.97. The van der Waals surface area contributed by atoms with E-state index < -0.39 is 28.3 Å². The number of sulfonamides is 1. The average molecular weight is 455 g/mol. The van der Waals surface area contributed by atoms with Gasteiger partial charge >= 0.3 is 0 Å². The van der Waals surface area contributed by atoms with Gasteiger partial charge in [0.2, 0.25) is 10.0 Å². The second kappa shape index (κ2) is 10.0. The van der Waals surface area contributed by atoms with Gasteiger partial charge in [0.05, 0.1) is 23.6 Å². The third-order valence-corrected chi connectivity index (χ3v) is 7.17. The summed E-state index contributed by atoms with van der Waals surface area (Å²) in [6, 6.07) is 5.57. The van der Waals surface area contributed by atoms with Crippen molar-refractivity contribution in [1.29, 1.82) is 0 Å². The number of rotatable bonds is 6. The molecule has 1 aromatic carbocycles. The van der Waals surface area contributed by atoms with E-state index in [1.54, 1.807) is 0 Å². The molecule has 0 spiro atoms. The molecule has 2 fully saturated rings. The highest BCUT2D eigenvalue weighted by Crippen LogP contribution is 2.29. The van der Waals surface area contributed by atoms with Gasteiger partial charge < -0.3 is 14.9 Å². The number of nitrogens with zero attached hydrogens (tertiary/aromatic N) is 1. The van der Waals surface area contributed by atoms with E-state index in [1.807, 2.05) is 0 Å². The molecule has 2 saturated heterocycles. The van der Waals surface area contributed by atoms with Crippen molar-refractivity contribution in [3.05, 3.63) is 29.3 Å². The van der Waals surface area contributed by atoms with Crippen LogP contribution in [-0.4, -0.2) is 74.1 Å². The fourth-order valence-corrected chi connectivity index (χ4v) is 4.98. The molecule has 3 N–H and O–H groups in total. The number of likely N-dealkylation sites (tertiary alicyclic amines) is 1. The van der Waals surface area contributed by atoms with Crippen molar-refractivity contribution >= 4 is 34.0 Å². The summed E-state index contributed by atoms with van der Waals surface area (Å²) in [5.74, 6) is 0.635. The second-order valence-corrected chi connectivity index (χ2v) is 9.60. The molecule has 160 valence electrons. The van der Waals surface area contributed by atoms with Gasteiger partial charge in [0.25, 0.3) is 0 Å². The lowest BCUT2D eigenvalue weighted by Crippen LogP contribution is -2.53. The maximum absolute atomic E-state index is 12.5. The maximum atomic E-state index is 12.5. The molecular formula is C18H28Cl2N2O5S. The maximum Gasteiger partial charge on any atom is 0.240 e. The van der Waals surface area contributed by atoms with Crippen LogP contribution in [0.15, 0.2) is 29.2 Å².